The van der Waals surface area contributed by atoms with Gasteiger partial charge in [-0.05, 0) is 45.0 Å². The van der Waals surface area contributed by atoms with Crippen LogP contribution in [0.3, 0.4) is 0 Å². The van der Waals surface area contributed by atoms with Crippen LogP contribution < -0.4 is 15.4 Å². The number of anilines is 2. The SMILES string of the molecule is CN(C(=O)OC(C)(C)C)c1cc(Oc2ccc(Cl)c(F)c2)ccc1N. The molecule has 0 aliphatic carbocycles. The van der Waals surface area contributed by atoms with Crippen molar-refractivity contribution < 1.29 is 18.7 Å². The highest BCUT2D eigenvalue weighted by molar-refractivity contribution is 6.30. The van der Waals surface area contributed by atoms with Gasteiger partial charge < -0.3 is 15.2 Å². The van der Waals surface area contributed by atoms with Gasteiger partial charge >= 0.3 is 6.09 Å². The molecule has 0 saturated carbocycles. The molecule has 2 aromatic carbocycles. The molecule has 0 heterocycles. The van der Waals surface area contributed by atoms with Crippen molar-refractivity contribution in [2.45, 2.75) is 26.4 Å². The largest absolute Gasteiger partial charge is 0.457 e. The van der Waals surface area contributed by atoms with Gasteiger partial charge in [-0.25, -0.2) is 9.18 Å². The van der Waals surface area contributed by atoms with E-state index in [9.17, 15) is 9.18 Å². The zero-order valence-electron chi connectivity index (χ0n) is 14.5. The number of rotatable bonds is 3. The summed E-state index contributed by atoms with van der Waals surface area (Å²) in [5.74, 6) is 0.0829. The summed E-state index contributed by atoms with van der Waals surface area (Å²) < 4.78 is 24.4. The molecule has 0 radical (unpaired) electrons. The Bertz CT molecular complexity index is 790. The number of nitrogen functional groups attached to an aromatic ring is 1. The first-order valence-corrected chi connectivity index (χ1v) is 7.94. The van der Waals surface area contributed by atoms with Crippen molar-refractivity contribution in [3.8, 4) is 11.5 Å². The minimum Gasteiger partial charge on any atom is -0.457 e. The summed E-state index contributed by atoms with van der Waals surface area (Å²) in [6, 6.07) is 8.91. The van der Waals surface area contributed by atoms with Gasteiger partial charge in [0.2, 0.25) is 0 Å². The number of nitrogens with zero attached hydrogens (tertiary/aromatic N) is 1. The first-order chi connectivity index (χ1) is 11.6. The molecule has 0 unspecified atom stereocenters. The number of benzene rings is 2. The van der Waals surface area contributed by atoms with Crippen LogP contribution >= 0.6 is 11.6 Å². The van der Waals surface area contributed by atoms with E-state index in [0.717, 1.165) is 0 Å². The third-order valence-electron chi connectivity index (χ3n) is 3.16. The zero-order valence-corrected chi connectivity index (χ0v) is 15.2. The molecule has 0 bridgehead atoms. The topological polar surface area (TPSA) is 64.8 Å². The van der Waals surface area contributed by atoms with Gasteiger partial charge in [-0.2, -0.15) is 0 Å². The van der Waals surface area contributed by atoms with Crippen LogP contribution in [0.5, 0.6) is 11.5 Å². The second-order valence-corrected chi connectivity index (χ2v) is 6.85. The molecule has 2 rings (SSSR count). The van der Waals surface area contributed by atoms with E-state index in [1.54, 1.807) is 52.1 Å². The summed E-state index contributed by atoms with van der Waals surface area (Å²) in [5, 5.41) is 0.00926. The van der Waals surface area contributed by atoms with Crippen LogP contribution in [0.4, 0.5) is 20.6 Å². The Morgan fingerprint density at radius 2 is 1.76 bits per heavy atom. The fourth-order valence-corrected chi connectivity index (χ4v) is 2.10. The van der Waals surface area contributed by atoms with Crippen molar-refractivity contribution in [1.82, 2.24) is 0 Å². The zero-order chi connectivity index (χ0) is 18.8. The molecular formula is C18H20ClFN2O3. The summed E-state index contributed by atoms with van der Waals surface area (Å²) in [6.45, 7) is 5.32. The van der Waals surface area contributed by atoms with Crippen molar-refractivity contribution >= 4 is 29.1 Å². The Kier molecular flexibility index (Phi) is 5.42. The van der Waals surface area contributed by atoms with Crippen LogP contribution in [-0.4, -0.2) is 18.7 Å². The number of nitrogens with two attached hydrogens (primary N) is 1. The van der Waals surface area contributed by atoms with Gasteiger partial charge in [0.15, 0.2) is 0 Å². The van der Waals surface area contributed by atoms with Gasteiger partial charge in [-0.3, -0.25) is 4.90 Å². The van der Waals surface area contributed by atoms with Gasteiger partial charge in [-0.15, -0.1) is 0 Å². The molecule has 0 atom stereocenters. The van der Waals surface area contributed by atoms with Crippen LogP contribution in [-0.2, 0) is 4.74 Å². The summed E-state index contributed by atoms with van der Waals surface area (Å²) in [6.07, 6.45) is -0.547. The molecule has 2 aromatic rings. The van der Waals surface area contributed by atoms with E-state index in [2.05, 4.69) is 0 Å². The van der Waals surface area contributed by atoms with E-state index in [1.807, 2.05) is 0 Å². The maximum absolute atomic E-state index is 13.5. The lowest BCUT2D eigenvalue weighted by Crippen LogP contribution is -2.34. The molecule has 0 aromatic heterocycles. The van der Waals surface area contributed by atoms with Crippen molar-refractivity contribution in [3.63, 3.8) is 0 Å². The molecule has 0 spiro atoms. The molecule has 25 heavy (non-hydrogen) atoms. The predicted molar refractivity (Wildman–Crippen MR) is 97.0 cm³/mol. The average molecular weight is 367 g/mol. The van der Waals surface area contributed by atoms with Crippen molar-refractivity contribution in [2.75, 3.05) is 17.7 Å². The van der Waals surface area contributed by atoms with Gasteiger partial charge in [0, 0.05) is 19.2 Å². The summed E-state index contributed by atoms with van der Waals surface area (Å²) in [7, 11) is 1.55. The second kappa shape index (κ2) is 7.19. The van der Waals surface area contributed by atoms with Crippen molar-refractivity contribution in [2.24, 2.45) is 0 Å². The van der Waals surface area contributed by atoms with Crippen LogP contribution in [0.2, 0.25) is 5.02 Å². The highest BCUT2D eigenvalue weighted by atomic mass is 35.5. The van der Waals surface area contributed by atoms with Crippen LogP contribution in [0, 0.1) is 5.82 Å². The lowest BCUT2D eigenvalue weighted by atomic mass is 10.2. The molecule has 0 aliphatic heterocycles. The maximum Gasteiger partial charge on any atom is 0.414 e. The van der Waals surface area contributed by atoms with E-state index in [0.29, 0.717) is 17.1 Å². The monoisotopic (exact) mass is 366 g/mol. The third-order valence-corrected chi connectivity index (χ3v) is 3.46. The predicted octanol–water partition coefficient (Wildman–Crippen LogP) is 5.22. The number of halogens is 2. The number of hydrogen-bond acceptors (Lipinski definition) is 4. The van der Waals surface area contributed by atoms with E-state index in [1.165, 1.54) is 17.0 Å². The second-order valence-electron chi connectivity index (χ2n) is 6.44. The van der Waals surface area contributed by atoms with E-state index < -0.39 is 17.5 Å². The van der Waals surface area contributed by atoms with Gasteiger partial charge in [0.05, 0.1) is 16.4 Å². The van der Waals surface area contributed by atoms with Crippen LogP contribution in [0.1, 0.15) is 20.8 Å². The summed E-state index contributed by atoms with van der Waals surface area (Å²) >= 11 is 5.65. The average Bonchev–Trinajstić information content (AvgIpc) is 2.50. The minimum absolute atomic E-state index is 0.00926. The minimum atomic E-state index is -0.630. The first kappa shape index (κ1) is 18.9. The van der Waals surface area contributed by atoms with E-state index in [-0.39, 0.29) is 10.8 Å². The van der Waals surface area contributed by atoms with Crippen molar-refractivity contribution in [1.29, 1.82) is 0 Å². The summed E-state index contributed by atoms with van der Waals surface area (Å²) in [4.78, 5) is 13.5. The molecule has 0 fully saturated rings. The van der Waals surface area contributed by atoms with Crippen LogP contribution in [0.15, 0.2) is 36.4 Å². The smallest absolute Gasteiger partial charge is 0.414 e. The van der Waals surface area contributed by atoms with E-state index in [4.69, 9.17) is 26.8 Å². The molecule has 0 aliphatic rings. The third kappa shape index (κ3) is 5.00. The summed E-state index contributed by atoms with van der Waals surface area (Å²) in [5.41, 5.74) is 6.11. The van der Waals surface area contributed by atoms with Crippen LogP contribution in [0.25, 0.3) is 0 Å². The maximum atomic E-state index is 13.5. The molecule has 7 heteroatoms. The first-order valence-electron chi connectivity index (χ1n) is 7.56. The quantitative estimate of drug-likeness (QED) is 0.756. The van der Waals surface area contributed by atoms with Gasteiger partial charge in [0.1, 0.15) is 22.9 Å². The van der Waals surface area contributed by atoms with Crippen molar-refractivity contribution in [3.05, 3.63) is 47.2 Å². The lowest BCUT2D eigenvalue weighted by Gasteiger charge is -2.25. The molecule has 5 nitrogen and oxygen atoms in total. The Hall–Kier alpha value is -2.47. The fourth-order valence-electron chi connectivity index (χ4n) is 1.98. The molecule has 0 saturated heterocycles. The van der Waals surface area contributed by atoms with Gasteiger partial charge in [0.25, 0.3) is 0 Å². The molecule has 1 amide bonds. The highest BCUT2D eigenvalue weighted by Crippen LogP contribution is 2.32. The fraction of sp³-hybridized carbons (Fsp3) is 0.278. The molecule has 2 N–H and O–H groups in total. The number of carbonyl (C=O) groups excluding carboxylic acids is 1. The highest BCUT2D eigenvalue weighted by Gasteiger charge is 2.22. The van der Waals surface area contributed by atoms with E-state index >= 15 is 0 Å². The number of ether oxygens (including phenoxy) is 2. The number of amides is 1. The number of hydrogen-bond donors (Lipinski definition) is 1. The molecular weight excluding hydrogens is 347 g/mol. The Morgan fingerprint density at radius 1 is 1.16 bits per heavy atom. The number of carbonyl (C=O) groups is 1. The Morgan fingerprint density at radius 3 is 2.36 bits per heavy atom. The molecule has 134 valence electrons. The lowest BCUT2D eigenvalue weighted by molar-refractivity contribution is 0.0589. The standard InChI is InChI=1S/C18H20ClFN2O3/c1-18(2,3)25-17(23)22(4)16-10-12(6-8-15(16)21)24-11-5-7-13(19)14(20)9-11/h5-10H,21H2,1-4H3. The van der Waals surface area contributed by atoms with Gasteiger partial charge in [-0.1, -0.05) is 11.6 Å². The normalized spacial score (nSPS) is 11.1. The Balaban J connectivity index is 2.24. The Labute approximate surface area is 151 Å².